The normalized spacial score (nSPS) is 31.1. The van der Waals surface area contributed by atoms with Crippen LogP contribution in [0.25, 0.3) is 10.9 Å². The minimum atomic E-state index is -0.106. The van der Waals surface area contributed by atoms with E-state index in [2.05, 4.69) is 22.2 Å². The summed E-state index contributed by atoms with van der Waals surface area (Å²) >= 11 is 0. The highest BCUT2D eigenvalue weighted by Crippen LogP contribution is 2.61. The van der Waals surface area contributed by atoms with Crippen LogP contribution in [0.1, 0.15) is 64.1 Å². The standard InChI is InChI=1S/C24H31N3O2/c1-15(24-12-16-9-17(13-24)11-18(10-16)14-24)25-22(28)8-4-7-21-26-20-6-3-2-5-19(20)23(29)27-21/h2-3,5-6,15-18H,4,7-14H2,1H3,(H,25,28)(H,26,27,29)/t15-,16?,17?,18?,24?/m0/s1. The van der Waals surface area contributed by atoms with Crippen LogP contribution in [-0.4, -0.2) is 21.9 Å². The van der Waals surface area contributed by atoms with Crippen LogP contribution >= 0.6 is 0 Å². The number of nitrogens with one attached hydrogen (secondary N) is 2. The summed E-state index contributed by atoms with van der Waals surface area (Å²) in [5, 5.41) is 3.94. The molecule has 1 aromatic heterocycles. The van der Waals surface area contributed by atoms with Crippen molar-refractivity contribution >= 4 is 16.8 Å². The first kappa shape index (κ1) is 18.8. The lowest BCUT2D eigenvalue weighted by Crippen LogP contribution is -2.55. The lowest BCUT2D eigenvalue weighted by atomic mass is 9.48. The number of carbonyl (C=O) groups excluding carboxylic acids is 1. The smallest absolute Gasteiger partial charge is 0.258 e. The lowest BCUT2D eigenvalue weighted by molar-refractivity contribution is -0.126. The van der Waals surface area contributed by atoms with Crippen LogP contribution in [0.4, 0.5) is 0 Å². The first-order valence-electron chi connectivity index (χ1n) is 11.3. The van der Waals surface area contributed by atoms with Gasteiger partial charge in [0.1, 0.15) is 5.82 Å². The fraction of sp³-hybridized carbons (Fsp3) is 0.625. The molecule has 6 rings (SSSR count). The number of H-pyrrole nitrogens is 1. The van der Waals surface area contributed by atoms with E-state index in [0.717, 1.165) is 17.8 Å². The molecule has 4 aliphatic carbocycles. The van der Waals surface area contributed by atoms with Gasteiger partial charge in [0.25, 0.3) is 5.56 Å². The Balaban J connectivity index is 1.16. The Morgan fingerprint density at radius 1 is 1.17 bits per heavy atom. The Hall–Kier alpha value is -2.17. The van der Waals surface area contributed by atoms with E-state index < -0.39 is 0 Å². The third-order valence-electron chi connectivity index (χ3n) is 7.86. The van der Waals surface area contributed by atoms with Gasteiger partial charge < -0.3 is 10.3 Å². The number of hydrogen-bond acceptors (Lipinski definition) is 3. The van der Waals surface area contributed by atoms with Crippen LogP contribution in [-0.2, 0) is 11.2 Å². The van der Waals surface area contributed by atoms with Crippen molar-refractivity contribution in [2.45, 2.75) is 70.8 Å². The maximum absolute atomic E-state index is 12.6. The molecule has 1 amide bonds. The number of aromatic nitrogens is 2. The van der Waals surface area contributed by atoms with Crippen LogP contribution in [0.2, 0.25) is 0 Å². The molecule has 5 nitrogen and oxygen atoms in total. The van der Waals surface area contributed by atoms with E-state index in [-0.39, 0.29) is 17.5 Å². The fourth-order valence-electron chi connectivity index (χ4n) is 6.84. The molecule has 0 saturated heterocycles. The minimum Gasteiger partial charge on any atom is -0.353 e. The third kappa shape index (κ3) is 3.60. The van der Waals surface area contributed by atoms with Crippen molar-refractivity contribution in [3.63, 3.8) is 0 Å². The molecule has 2 N–H and O–H groups in total. The molecule has 1 atom stereocenters. The van der Waals surface area contributed by atoms with Crippen LogP contribution in [0, 0.1) is 23.2 Å². The summed E-state index contributed by atoms with van der Waals surface area (Å²) in [5.74, 6) is 3.50. The molecule has 154 valence electrons. The topological polar surface area (TPSA) is 74.8 Å². The maximum Gasteiger partial charge on any atom is 0.258 e. The second-order valence-electron chi connectivity index (χ2n) is 9.95. The SMILES string of the molecule is C[C@H](NC(=O)CCCc1nc2ccccc2c(=O)[nH]1)C12CC3CC(CC(C3)C1)C2. The van der Waals surface area contributed by atoms with Gasteiger partial charge in [0, 0.05) is 18.9 Å². The summed E-state index contributed by atoms with van der Waals surface area (Å²) < 4.78 is 0. The van der Waals surface area contributed by atoms with Crippen molar-refractivity contribution in [1.29, 1.82) is 0 Å². The Labute approximate surface area is 171 Å². The molecular formula is C24H31N3O2. The van der Waals surface area contributed by atoms with E-state index in [4.69, 9.17) is 0 Å². The van der Waals surface area contributed by atoms with E-state index >= 15 is 0 Å². The molecular weight excluding hydrogens is 362 g/mol. The fourth-order valence-corrected chi connectivity index (χ4v) is 6.84. The van der Waals surface area contributed by atoms with Crippen LogP contribution in [0.3, 0.4) is 0 Å². The predicted molar refractivity (Wildman–Crippen MR) is 114 cm³/mol. The van der Waals surface area contributed by atoms with Gasteiger partial charge >= 0.3 is 0 Å². The number of carbonyl (C=O) groups is 1. The second kappa shape index (κ2) is 7.26. The van der Waals surface area contributed by atoms with Gasteiger partial charge in [-0.2, -0.15) is 0 Å². The zero-order valence-corrected chi connectivity index (χ0v) is 17.2. The predicted octanol–water partition coefficient (Wildman–Crippen LogP) is 3.97. The quantitative estimate of drug-likeness (QED) is 0.780. The third-order valence-corrected chi connectivity index (χ3v) is 7.86. The van der Waals surface area contributed by atoms with Gasteiger partial charge in [-0.1, -0.05) is 12.1 Å². The van der Waals surface area contributed by atoms with Gasteiger partial charge in [0.2, 0.25) is 5.91 Å². The second-order valence-corrected chi connectivity index (χ2v) is 9.95. The molecule has 0 aliphatic heterocycles. The summed E-state index contributed by atoms with van der Waals surface area (Å²) in [5.41, 5.74) is 0.951. The number of fused-ring (bicyclic) bond motifs is 1. The summed E-state index contributed by atoms with van der Waals surface area (Å²) in [7, 11) is 0. The molecule has 4 fully saturated rings. The highest BCUT2D eigenvalue weighted by molar-refractivity contribution is 5.77. The molecule has 4 bridgehead atoms. The average Bonchev–Trinajstić information content (AvgIpc) is 2.67. The molecule has 29 heavy (non-hydrogen) atoms. The first-order chi connectivity index (χ1) is 14.0. The largest absolute Gasteiger partial charge is 0.353 e. The lowest BCUT2D eigenvalue weighted by Gasteiger charge is -2.59. The summed E-state index contributed by atoms with van der Waals surface area (Å²) in [6.07, 6.45) is 9.99. The van der Waals surface area contributed by atoms with Crippen LogP contribution in [0.15, 0.2) is 29.1 Å². The Morgan fingerprint density at radius 3 is 2.52 bits per heavy atom. The van der Waals surface area contributed by atoms with Gasteiger partial charge in [-0.15, -0.1) is 0 Å². The Kier molecular flexibility index (Phi) is 4.72. The van der Waals surface area contributed by atoms with E-state index in [1.54, 1.807) is 6.07 Å². The number of nitrogens with zero attached hydrogens (tertiary/aromatic N) is 1. The van der Waals surface area contributed by atoms with Gasteiger partial charge in [0.05, 0.1) is 10.9 Å². The van der Waals surface area contributed by atoms with Crippen molar-refractivity contribution in [2.75, 3.05) is 0 Å². The van der Waals surface area contributed by atoms with E-state index in [1.807, 2.05) is 18.2 Å². The molecule has 1 aromatic carbocycles. The molecule has 2 aromatic rings. The summed E-state index contributed by atoms with van der Waals surface area (Å²) in [4.78, 5) is 32.2. The highest BCUT2D eigenvalue weighted by Gasteiger charge is 2.53. The zero-order valence-electron chi connectivity index (χ0n) is 17.2. The number of hydrogen-bond donors (Lipinski definition) is 2. The van der Waals surface area contributed by atoms with Crippen molar-refractivity contribution in [1.82, 2.24) is 15.3 Å². The monoisotopic (exact) mass is 393 g/mol. The molecule has 0 spiro atoms. The molecule has 5 heteroatoms. The summed E-state index contributed by atoms with van der Waals surface area (Å²) in [6.45, 7) is 2.23. The molecule has 0 unspecified atom stereocenters. The summed E-state index contributed by atoms with van der Waals surface area (Å²) in [6, 6.07) is 7.63. The van der Waals surface area contributed by atoms with Gasteiger partial charge in [-0.3, -0.25) is 9.59 Å². The maximum atomic E-state index is 12.6. The van der Waals surface area contributed by atoms with Crippen LogP contribution < -0.4 is 10.9 Å². The van der Waals surface area contributed by atoms with Gasteiger partial charge in [-0.25, -0.2) is 4.98 Å². The number of amides is 1. The number of rotatable bonds is 6. The number of aryl methyl sites for hydroxylation is 1. The Bertz CT molecular complexity index is 944. The highest BCUT2D eigenvalue weighted by atomic mass is 16.1. The number of benzene rings is 1. The first-order valence-corrected chi connectivity index (χ1v) is 11.3. The number of para-hydroxylation sites is 1. The van der Waals surface area contributed by atoms with Gasteiger partial charge in [0.15, 0.2) is 0 Å². The Morgan fingerprint density at radius 2 is 1.83 bits per heavy atom. The van der Waals surface area contributed by atoms with E-state index in [9.17, 15) is 9.59 Å². The van der Waals surface area contributed by atoms with Crippen molar-refractivity contribution in [3.05, 3.63) is 40.4 Å². The molecule has 4 saturated carbocycles. The minimum absolute atomic E-state index is 0.106. The number of aromatic amines is 1. The molecule has 4 aliphatic rings. The van der Waals surface area contributed by atoms with E-state index in [0.29, 0.717) is 41.4 Å². The molecule has 1 heterocycles. The van der Waals surface area contributed by atoms with Crippen molar-refractivity contribution < 1.29 is 4.79 Å². The van der Waals surface area contributed by atoms with E-state index in [1.165, 1.54) is 38.5 Å². The average molecular weight is 394 g/mol. The van der Waals surface area contributed by atoms with Crippen molar-refractivity contribution in [3.8, 4) is 0 Å². The zero-order chi connectivity index (χ0) is 20.0. The molecule has 0 radical (unpaired) electrons. The van der Waals surface area contributed by atoms with Crippen molar-refractivity contribution in [2.24, 2.45) is 23.2 Å². The van der Waals surface area contributed by atoms with Crippen LogP contribution in [0.5, 0.6) is 0 Å². The van der Waals surface area contributed by atoms with Gasteiger partial charge in [-0.05, 0) is 87.2 Å².